The monoisotopic (exact) mass is 281 g/mol. The summed E-state index contributed by atoms with van der Waals surface area (Å²) in [6.45, 7) is 1.78. The molecule has 1 aromatic heterocycles. The molecule has 2 aromatic rings. The van der Waals surface area contributed by atoms with Gasteiger partial charge < -0.3 is 9.88 Å². The van der Waals surface area contributed by atoms with Gasteiger partial charge in [-0.1, -0.05) is 0 Å². The maximum absolute atomic E-state index is 13.3. The molecule has 6 heteroatoms. The van der Waals surface area contributed by atoms with Crippen molar-refractivity contribution in [2.75, 3.05) is 13.1 Å². The summed E-state index contributed by atoms with van der Waals surface area (Å²) < 4.78 is 41.3. The maximum Gasteiger partial charge on any atom is 0.194 e. The number of nitrogens with zero attached hydrogens (tertiary/aromatic N) is 2. The van der Waals surface area contributed by atoms with Gasteiger partial charge in [0.05, 0.1) is 12.0 Å². The van der Waals surface area contributed by atoms with E-state index in [1.165, 1.54) is 6.33 Å². The normalized spacial score (nSPS) is 19.2. The highest BCUT2D eigenvalue weighted by atomic mass is 19.2. The fourth-order valence-corrected chi connectivity index (χ4v) is 2.61. The van der Waals surface area contributed by atoms with Gasteiger partial charge in [-0.15, -0.1) is 0 Å². The second-order valence-electron chi connectivity index (χ2n) is 4.96. The lowest BCUT2D eigenvalue weighted by atomic mass is 9.96. The summed E-state index contributed by atoms with van der Waals surface area (Å²) in [6.07, 6.45) is 5.22. The van der Waals surface area contributed by atoms with Gasteiger partial charge in [0, 0.05) is 36.5 Å². The second-order valence-corrected chi connectivity index (χ2v) is 4.96. The third kappa shape index (κ3) is 2.31. The van der Waals surface area contributed by atoms with Crippen LogP contribution in [0.5, 0.6) is 0 Å². The fourth-order valence-electron chi connectivity index (χ4n) is 2.61. The molecule has 106 valence electrons. The summed E-state index contributed by atoms with van der Waals surface area (Å²) in [5.41, 5.74) is 1.13. The van der Waals surface area contributed by atoms with E-state index in [-0.39, 0.29) is 11.6 Å². The van der Waals surface area contributed by atoms with Crippen LogP contribution >= 0.6 is 0 Å². The summed E-state index contributed by atoms with van der Waals surface area (Å²) in [6, 6.07) is 1.97. The third-order valence-electron chi connectivity index (χ3n) is 3.63. The Kier molecular flexibility index (Phi) is 3.48. The van der Waals surface area contributed by atoms with Crippen LogP contribution < -0.4 is 5.32 Å². The molecule has 0 saturated carbocycles. The van der Waals surface area contributed by atoms with Crippen LogP contribution in [0.1, 0.15) is 24.5 Å². The fraction of sp³-hybridized carbons (Fsp3) is 0.357. The zero-order valence-corrected chi connectivity index (χ0v) is 10.7. The quantitative estimate of drug-likeness (QED) is 0.858. The minimum Gasteiger partial charge on any atom is -0.316 e. The predicted molar refractivity (Wildman–Crippen MR) is 68.3 cm³/mol. The maximum atomic E-state index is 13.3. The molecule has 1 unspecified atom stereocenters. The van der Waals surface area contributed by atoms with Crippen molar-refractivity contribution >= 4 is 0 Å². The number of aromatic nitrogens is 2. The molecule has 1 aliphatic rings. The van der Waals surface area contributed by atoms with Gasteiger partial charge in [-0.3, -0.25) is 0 Å². The number of rotatable bonds is 2. The van der Waals surface area contributed by atoms with E-state index >= 15 is 0 Å². The van der Waals surface area contributed by atoms with Crippen molar-refractivity contribution in [1.82, 2.24) is 14.9 Å². The first-order valence-electron chi connectivity index (χ1n) is 6.54. The highest BCUT2D eigenvalue weighted by molar-refractivity contribution is 5.36. The topological polar surface area (TPSA) is 29.9 Å². The van der Waals surface area contributed by atoms with Crippen molar-refractivity contribution in [1.29, 1.82) is 0 Å². The molecule has 1 aliphatic heterocycles. The molecule has 3 nitrogen and oxygen atoms in total. The Bertz CT molecular complexity index is 595. The Labute approximate surface area is 114 Å². The SMILES string of the molecule is Fc1cc(-n2cncc2C2CCCNC2)cc(F)c1F. The molecule has 1 aromatic carbocycles. The minimum atomic E-state index is -1.45. The minimum absolute atomic E-state index is 0.238. The molecule has 0 amide bonds. The van der Waals surface area contributed by atoms with Crippen LogP contribution in [0.2, 0.25) is 0 Å². The zero-order valence-electron chi connectivity index (χ0n) is 10.7. The largest absolute Gasteiger partial charge is 0.316 e. The van der Waals surface area contributed by atoms with Crippen molar-refractivity contribution < 1.29 is 13.2 Å². The molecule has 2 heterocycles. The van der Waals surface area contributed by atoms with Crippen LogP contribution in [0.15, 0.2) is 24.7 Å². The third-order valence-corrected chi connectivity index (χ3v) is 3.63. The van der Waals surface area contributed by atoms with E-state index < -0.39 is 17.5 Å². The summed E-state index contributed by atoms with van der Waals surface area (Å²) in [4.78, 5) is 4.05. The van der Waals surface area contributed by atoms with Gasteiger partial charge in [0.25, 0.3) is 0 Å². The standard InChI is InChI=1S/C14H14F3N3/c15-11-4-10(5-12(16)14(11)17)20-8-19-7-13(20)9-2-1-3-18-6-9/h4-5,7-9,18H,1-3,6H2. The van der Waals surface area contributed by atoms with E-state index in [0.717, 1.165) is 43.8 Å². The molecule has 1 saturated heterocycles. The number of nitrogens with one attached hydrogen (secondary N) is 1. The van der Waals surface area contributed by atoms with Crippen molar-refractivity contribution in [3.63, 3.8) is 0 Å². The van der Waals surface area contributed by atoms with Crippen LogP contribution in [0.4, 0.5) is 13.2 Å². The molecule has 0 aliphatic carbocycles. The first-order chi connectivity index (χ1) is 9.66. The summed E-state index contributed by atoms with van der Waals surface area (Å²) >= 11 is 0. The van der Waals surface area contributed by atoms with Gasteiger partial charge in [0.2, 0.25) is 0 Å². The zero-order chi connectivity index (χ0) is 14.1. The number of halogens is 3. The number of benzene rings is 1. The summed E-state index contributed by atoms with van der Waals surface area (Å²) in [7, 11) is 0. The first kappa shape index (κ1) is 13.2. The van der Waals surface area contributed by atoms with Gasteiger partial charge in [0.1, 0.15) is 0 Å². The Hall–Kier alpha value is -1.82. The molecule has 1 atom stereocenters. The highest BCUT2D eigenvalue weighted by Crippen LogP contribution is 2.26. The van der Waals surface area contributed by atoms with E-state index in [1.807, 2.05) is 0 Å². The second kappa shape index (κ2) is 5.28. The number of piperidine rings is 1. The Balaban J connectivity index is 2.00. The molecule has 0 radical (unpaired) electrons. The van der Waals surface area contributed by atoms with Crippen LogP contribution in [-0.2, 0) is 0 Å². The molecule has 1 N–H and O–H groups in total. The average Bonchev–Trinajstić information content (AvgIpc) is 2.94. The Morgan fingerprint density at radius 1 is 1.20 bits per heavy atom. The Morgan fingerprint density at radius 3 is 2.60 bits per heavy atom. The summed E-state index contributed by atoms with van der Waals surface area (Å²) in [5.74, 6) is -3.60. The molecular weight excluding hydrogens is 267 g/mol. The van der Waals surface area contributed by atoms with Crippen LogP contribution in [0.25, 0.3) is 5.69 Å². The van der Waals surface area contributed by atoms with Crippen molar-refractivity contribution in [3.05, 3.63) is 47.8 Å². The molecule has 20 heavy (non-hydrogen) atoms. The predicted octanol–water partition coefficient (Wildman–Crippen LogP) is 2.76. The first-order valence-corrected chi connectivity index (χ1v) is 6.54. The molecule has 0 spiro atoms. The van der Waals surface area contributed by atoms with E-state index in [0.29, 0.717) is 0 Å². The van der Waals surface area contributed by atoms with E-state index in [4.69, 9.17) is 0 Å². The van der Waals surface area contributed by atoms with Crippen molar-refractivity contribution in [2.24, 2.45) is 0 Å². The van der Waals surface area contributed by atoms with Crippen LogP contribution in [0.3, 0.4) is 0 Å². The smallest absolute Gasteiger partial charge is 0.194 e. The van der Waals surface area contributed by atoms with Crippen molar-refractivity contribution in [3.8, 4) is 5.69 Å². The summed E-state index contributed by atoms with van der Waals surface area (Å²) in [5, 5.41) is 3.28. The molecule has 1 fully saturated rings. The lowest BCUT2D eigenvalue weighted by Gasteiger charge is -2.23. The van der Waals surface area contributed by atoms with Crippen LogP contribution in [-0.4, -0.2) is 22.6 Å². The van der Waals surface area contributed by atoms with E-state index in [9.17, 15) is 13.2 Å². The van der Waals surface area contributed by atoms with Crippen LogP contribution in [0, 0.1) is 17.5 Å². The Morgan fingerprint density at radius 2 is 1.95 bits per heavy atom. The molecule has 0 bridgehead atoms. The van der Waals surface area contributed by atoms with Gasteiger partial charge in [-0.25, -0.2) is 18.2 Å². The number of hydrogen-bond donors (Lipinski definition) is 1. The molecule has 3 rings (SSSR count). The number of imidazole rings is 1. The lowest BCUT2D eigenvalue weighted by Crippen LogP contribution is -2.29. The van der Waals surface area contributed by atoms with E-state index in [1.54, 1.807) is 10.8 Å². The molecular formula is C14H14F3N3. The van der Waals surface area contributed by atoms with Gasteiger partial charge in [-0.05, 0) is 19.4 Å². The highest BCUT2D eigenvalue weighted by Gasteiger charge is 2.20. The average molecular weight is 281 g/mol. The number of hydrogen-bond acceptors (Lipinski definition) is 2. The van der Waals surface area contributed by atoms with Crippen molar-refractivity contribution in [2.45, 2.75) is 18.8 Å². The van der Waals surface area contributed by atoms with Gasteiger partial charge >= 0.3 is 0 Å². The van der Waals surface area contributed by atoms with Gasteiger partial charge in [0.15, 0.2) is 17.5 Å². The van der Waals surface area contributed by atoms with Gasteiger partial charge in [-0.2, -0.15) is 0 Å². The van der Waals surface area contributed by atoms with E-state index in [2.05, 4.69) is 10.3 Å². The lowest BCUT2D eigenvalue weighted by molar-refractivity contribution is 0.442.